The number of thiol groups is 2. The van der Waals surface area contributed by atoms with Gasteiger partial charge in [-0.3, -0.25) is 86.3 Å². The Hall–Kier alpha value is -12.4. The molecule has 12 atom stereocenters. The largest absolute Gasteiger partial charge is 0.497 e. The second-order valence-electron chi connectivity index (χ2n) is 31.1. The van der Waals surface area contributed by atoms with E-state index in [1.165, 1.54) is 47.9 Å². The van der Waals surface area contributed by atoms with Crippen molar-refractivity contribution in [1.29, 1.82) is 0 Å². The van der Waals surface area contributed by atoms with Crippen LogP contribution in [-0.2, 0) is 110 Å². The number of benzene rings is 4. The van der Waals surface area contributed by atoms with Gasteiger partial charge in [0, 0.05) is 98.7 Å². The minimum Gasteiger partial charge on any atom is -0.497 e. The molecule has 42 heteroatoms. The highest BCUT2D eigenvalue weighted by Gasteiger charge is 2.47. The van der Waals surface area contributed by atoms with Crippen LogP contribution in [0.5, 0.6) is 5.75 Å². The van der Waals surface area contributed by atoms with E-state index in [9.17, 15) is 62.6 Å². The SMILES string of the molecule is COc1ccc(C[C@H](NC(=O)[C@@H](NC(=O)[C@H](CCC(N)=O)NC(=O)[C@H](Cc2c[nH]c3ccccc23)NC(=O)[C@@H](NC(=O)[C@H](CC(N)=O)NC(=O)[C@@H](NC(C)=O)C(C)(C)S)[C@@H](C)O)C(C)(C)S)C(=O)N[C@@H](Cc2ccc3ccccc3c2)C(=O)NC2(C(=O)N[C@@H](CCCCNC(C)=O)C(=O)N[C@@H](CC(N)=O)C(=O)N[C@@H](CC(N)=O)C(N)=O)CCOCC2)cc1. The van der Waals surface area contributed by atoms with E-state index in [4.69, 9.17) is 50.8 Å². The van der Waals surface area contributed by atoms with E-state index in [2.05, 4.69) is 86.7 Å². The van der Waals surface area contributed by atoms with Crippen LogP contribution < -0.4 is 103 Å². The fourth-order valence-corrected chi connectivity index (χ4v) is 13.8. The topological polar surface area (TPSA) is 648 Å². The summed E-state index contributed by atoms with van der Waals surface area (Å²) < 4.78 is 8.22. The first-order valence-corrected chi connectivity index (χ1v) is 40.3. The lowest BCUT2D eigenvalue weighted by Gasteiger charge is -2.38. The number of aromatic nitrogens is 1. The first kappa shape index (κ1) is 99.4. The predicted octanol–water partition coefficient (Wildman–Crippen LogP) is -4.14. The number of methoxy groups -OCH3 is 1. The van der Waals surface area contributed by atoms with Crippen molar-refractivity contribution in [1.82, 2.24) is 74.1 Å². The average molecular weight is 1750 g/mol. The first-order valence-electron chi connectivity index (χ1n) is 39.4. The summed E-state index contributed by atoms with van der Waals surface area (Å²) >= 11 is 9.15. The van der Waals surface area contributed by atoms with Crippen LogP contribution in [0.3, 0.4) is 0 Å². The Balaban J connectivity index is 1.36. The molecular formula is C81H111N19O21S2. The van der Waals surface area contributed by atoms with Gasteiger partial charge in [-0.05, 0) is 106 Å². The van der Waals surface area contributed by atoms with Crippen LogP contribution in [0.1, 0.15) is 129 Å². The Labute approximate surface area is 719 Å². The summed E-state index contributed by atoms with van der Waals surface area (Å²) in [4.78, 5) is 251. The van der Waals surface area contributed by atoms with Gasteiger partial charge in [0.05, 0.1) is 32.5 Å². The fraction of sp³-hybridized carbons (Fsp3) is 0.481. The summed E-state index contributed by atoms with van der Waals surface area (Å²) in [5, 5.41) is 46.2. The number of aliphatic hydroxyl groups excluding tert-OH is 1. The molecule has 2 heterocycles. The Morgan fingerprint density at radius 1 is 0.488 bits per heavy atom. The van der Waals surface area contributed by atoms with Gasteiger partial charge in [0.25, 0.3) is 0 Å². The monoisotopic (exact) mass is 1750 g/mol. The van der Waals surface area contributed by atoms with Crippen LogP contribution in [0.15, 0.2) is 97.2 Å². The Kier molecular flexibility index (Phi) is 37.2. The minimum atomic E-state index is -1.98. The molecular weight excluding hydrogens is 1640 g/mol. The van der Waals surface area contributed by atoms with E-state index in [1.54, 1.807) is 78.9 Å². The number of carbonyl (C=O) groups is 18. The first-order chi connectivity index (χ1) is 57.8. The molecule has 1 aliphatic heterocycles. The number of ether oxygens (including phenoxy) is 2. The third-order valence-corrected chi connectivity index (χ3v) is 20.5. The van der Waals surface area contributed by atoms with Crippen molar-refractivity contribution >= 4 is 153 Å². The molecule has 1 aromatic heterocycles. The predicted molar refractivity (Wildman–Crippen MR) is 454 cm³/mol. The van der Waals surface area contributed by atoms with Crippen LogP contribution in [0.2, 0.25) is 0 Å². The number of fused-ring (bicyclic) bond motifs is 2. The molecule has 0 spiro atoms. The summed E-state index contributed by atoms with van der Waals surface area (Å²) in [7, 11) is 1.41. The molecule has 5 aromatic rings. The standard InChI is InChI=1S/C81H111N19O21S2/c1-41(101)64(98-73(114)59(39-63(85)107)96-76(117)65(79(4,5)122)89-43(3)103)75(116)94-57(36-48-40-88-51-18-12-11-17-50(48)51)71(112)90-53(26-27-60(82)104)69(110)99-66(80(6,7)123)77(118)95-55(34-44-21-24-49(120-8)25-22-44)70(111)92-56(35-45-20-23-46-15-9-10-16-47(46)33-45)74(115)100-81(28-31-121-32-29-81)78(119)97-52(19-13-14-30-87-42(2)102)68(109)93-58(38-62(84)106)72(113)91-54(67(86)108)37-61(83)105/h9-12,15-18,20-25,33,40-41,52-59,64-66,88,101,122-123H,13-14,19,26-32,34-39H2,1-8H3,(H2,82,104)(H2,83,105)(H2,84,106)(H2,85,107)(H2,86,108)(H,87,102)(H,89,103)(H,90,112)(H,91,113)(H,92,111)(H,93,109)(H,94,116)(H,95,118)(H,96,117)(H,97,119)(H,98,114)(H,99,110)(H,100,115)/t41-,52+,53+,54+,55+,56+,57+,58+,59+,64+,65-,66-/m1/s1. The van der Waals surface area contributed by atoms with Crippen molar-refractivity contribution in [2.45, 2.75) is 220 Å². The molecule has 0 radical (unpaired) electrons. The Bertz CT molecular complexity index is 4700. The van der Waals surface area contributed by atoms with Crippen LogP contribution in [0.25, 0.3) is 21.7 Å². The highest BCUT2D eigenvalue weighted by Crippen LogP contribution is 2.27. The van der Waals surface area contributed by atoms with Crippen LogP contribution in [0.4, 0.5) is 0 Å². The lowest BCUT2D eigenvalue weighted by atomic mass is 9.87. The summed E-state index contributed by atoms with van der Waals surface area (Å²) in [6, 6.07) is 6.53. The number of unbranched alkanes of at least 4 members (excludes halogenated alkanes) is 1. The van der Waals surface area contributed by atoms with Crippen LogP contribution >= 0.6 is 25.3 Å². The van der Waals surface area contributed by atoms with Gasteiger partial charge in [0.15, 0.2) is 0 Å². The molecule has 0 saturated carbocycles. The molecule has 0 bridgehead atoms. The molecule has 4 aromatic carbocycles. The number of H-pyrrole nitrogens is 1. The number of amides is 18. The number of nitrogens with one attached hydrogen (secondary N) is 14. The molecule has 6 rings (SSSR count). The molecule has 123 heavy (non-hydrogen) atoms. The van der Waals surface area contributed by atoms with Crippen molar-refractivity contribution in [3.63, 3.8) is 0 Å². The number of hydrogen-bond donors (Lipinski definition) is 22. The molecule has 1 aliphatic rings. The zero-order valence-corrected chi connectivity index (χ0v) is 71.2. The molecule has 40 nitrogen and oxygen atoms in total. The third kappa shape index (κ3) is 31.2. The molecule has 1 saturated heterocycles. The molecule has 0 aliphatic carbocycles. The van der Waals surface area contributed by atoms with E-state index in [0.717, 1.165) is 24.6 Å². The van der Waals surface area contributed by atoms with Crippen LogP contribution in [0, 0.1) is 0 Å². The number of para-hydroxylation sites is 1. The maximum atomic E-state index is 15.6. The van der Waals surface area contributed by atoms with Gasteiger partial charge in [0.2, 0.25) is 106 Å². The number of aliphatic hydroxyl groups is 1. The lowest BCUT2D eigenvalue weighted by Crippen LogP contribution is -2.67. The number of carbonyl (C=O) groups excluding carboxylic acids is 18. The number of aromatic amines is 1. The molecule has 0 unspecified atom stereocenters. The van der Waals surface area contributed by atoms with E-state index >= 15 is 28.8 Å². The van der Waals surface area contributed by atoms with Gasteiger partial charge in [-0.25, -0.2) is 0 Å². The maximum Gasteiger partial charge on any atom is 0.246 e. The Morgan fingerprint density at radius 3 is 1.51 bits per heavy atom. The van der Waals surface area contributed by atoms with Crippen molar-refractivity contribution in [3.8, 4) is 5.75 Å². The highest BCUT2D eigenvalue weighted by atomic mass is 32.1. The van der Waals surface area contributed by atoms with Gasteiger partial charge in [-0.2, -0.15) is 25.3 Å². The van der Waals surface area contributed by atoms with E-state index in [1.807, 2.05) is 12.1 Å². The molecule has 668 valence electrons. The summed E-state index contributed by atoms with van der Waals surface area (Å²) in [6.45, 7) is 9.12. The zero-order chi connectivity index (χ0) is 91.4. The molecule has 18 amide bonds. The van der Waals surface area contributed by atoms with Gasteiger partial charge in [-0.15, -0.1) is 0 Å². The van der Waals surface area contributed by atoms with Crippen molar-refractivity contribution in [3.05, 3.63) is 114 Å². The maximum absolute atomic E-state index is 15.6. The van der Waals surface area contributed by atoms with E-state index < -0.39 is 220 Å². The van der Waals surface area contributed by atoms with Crippen molar-refractivity contribution < 1.29 is 101 Å². The number of hydrogen-bond acceptors (Lipinski definition) is 23. The quantitative estimate of drug-likeness (QED) is 0.0130. The van der Waals surface area contributed by atoms with Gasteiger partial charge in [-0.1, -0.05) is 72.8 Å². The van der Waals surface area contributed by atoms with E-state index in [-0.39, 0.29) is 77.0 Å². The fourth-order valence-electron chi connectivity index (χ4n) is 13.4. The minimum absolute atomic E-state index is 0.120. The second kappa shape index (κ2) is 46.0. The number of rotatable bonds is 48. The lowest BCUT2D eigenvalue weighted by molar-refractivity contribution is -0.141. The summed E-state index contributed by atoms with van der Waals surface area (Å²) in [5.74, 6) is -18.1. The van der Waals surface area contributed by atoms with Gasteiger partial charge >= 0.3 is 0 Å². The molecule has 25 N–H and O–H groups in total. The second-order valence-corrected chi connectivity index (χ2v) is 33.5. The van der Waals surface area contributed by atoms with E-state index in [0.29, 0.717) is 33.3 Å². The van der Waals surface area contributed by atoms with Gasteiger partial charge in [0.1, 0.15) is 77.7 Å². The van der Waals surface area contributed by atoms with Crippen molar-refractivity contribution in [2.75, 3.05) is 26.9 Å². The Morgan fingerprint density at radius 2 is 0.951 bits per heavy atom. The summed E-state index contributed by atoms with van der Waals surface area (Å²) in [6.07, 6.45) is -5.29. The number of nitrogens with two attached hydrogens (primary N) is 5. The molecule has 1 fully saturated rings. The highest BCUT2D eigenvalue weighted by molar-refractivity contribution is 7.82. The normalized spacial score (nSPS) is 15.4. The average Bonchev–Trinajstić information content (AvgIpc) is 1.61. The van der Waals surface area contributed by atoms with Crippen LogP contribution in [-0.4, -0.2) is 231 Å². The summed E-state index contributed by atoms with van der Waals surface area (Å²) in [5.41, 5.74) is 27.2. The van der Waals surface area contributed by atoms with Gasteiger partial charge < -0.3 is 117 Å². The smallest absolute Gasteiger partial charge is 0.246 e. The third-order valence-electron chi connectivity index (χ3n) is 20.0. The zero-order valence-electron chi connectivity index (χ0n) is 69.4. The van der Waals surface area contributed by atoms with Crippen molar-refractivity contribution in [2.24, 2.45) is 28.7 Å². The number of primary amides is 5.